The van der Waals surface area contributed by atoms with Crippen molar-refractivity contribution in [3.63, 3.8) is 0 Å². The predicted molar refractivity (Wildman–Crippen MR) is 122 cm³/mol. The molecule has 0 radical (unpaired) electrons. The van der Waals surface area contributed by atoms with Crippen molar-refractivity contribution in [3.8, 4) is 17.2 Å². The van der Waals surface area contributed by atoms with E-state index in [0.717, 1.165) is 12.1 Å². The average molecular weight is 487 g/mol. The summed E-state index contributed by atoms with van der Waals surface area (Å²) in [6.07, 6.45) is -2.98. The second-order valence-corrected chi connectivity index (χ2v) is 7.13. The molecule has 35 heavy (non-hydrogen) atoms. The normalized spacial score (nSPS) is 14.3. The fraction of sp³-hybridized carbons (Fsp3) is 0.227. The van der Waals surface area contributed by atoms with Gasteiger partial charge in [-0.1, -0.05) is 12.1 Å². The molecule has 0 saturated heterocycles. The molecule has 10 nitrogen and oxygen atoms in total. The van der Waals surface area contributed by atoms with Crippen molar-refractivity contribution in [2.75, 3.05) is 26.6 Å². The lowest BCUT2D eigenvalue weighted by Gasteiger charge is -2.14. The largest absolute Gasteiger partial charge is 0.493 e. The summed E-state index contributed by atoms with van der Waals surface area (Å²) in [4.78, 5) is 16.7. The van der Waals surface area contributed by atoms with E-state index in [2.05, 4.69) is 35.8 Å². The lowest BCUT2D eigenvalue weighted by Crippen LogP contribution is -2.11. The number of aliphatic imine (C=N–C) groups is 1. The first-order valence-corrected chi connectivity index (χ1v) is 10.1. The molecule has 0 amide bonds. The number of anilines is 2. The molecule has 0 aliphatic carbocycles. The summed E-state index contributed by atoms with van der Waals surface area (Å²) in [5.74, 6) is 1.98. The van der Waals surface area contributed by atoms with Crippen LogP contribution < -0.4 is 25.0 Å². The Bertz CT molecular complexity index is 1270. The maximum absolute atomic E-state index is 13.0. The van der Waals surface area contributed by atoms with Gasteiger partial charge < -0.3 is 19.5 Å². The molecule has 0 saturated carbocycles. The summed E-state index contributed by atoms with van der Waals surface area (Å²) in [7, 11) is 4.51. The fourth-order valence-electron chi connectivity index (χ4n) is 3.28. The van der Waals surface area contributed by atoms with Gasteiger partial charge in [0.15, 0.2) is 11.5 Å². The summed E-state index contributed by atoms with van der Waals surface area (Å²) in [5, 5.41) is 7.12. The minimum atomic E-state index is -4.44. The number of nitrogens with one attached hydrogen (secondary N) is 2. The molecule has 1 aliphatic heterocycles. The number of aromatic nitrogens is 3. The molecule has 0 atom stereocenters. The van der Waals surface area contributed by atoms with Crippen LogP contribution in [0.2, 0.25) is 0 Å². The van der Waals surface area contributed by atoms with Gasteiger partial charge in [0.1, 0.15) is 12.2 Å². The zero-order chi connectivity index (χ0) is 25.0. The summed E-state index contributed by atoms with van der Waals surface area (Å²) >= 11 is 0. The van der Waals surface area contributed by atoms with Gasteiger partial charge in [0.25, 0.3) is 5.95 Å². The molecule has 0 spiro atoms. The van der Waals surface area contributed by atoms with Gasteiger partial charge >= 0.3 is 6.18 Å². The van der Waals surface area contributed by atoms with Crippen LogP contribution in [0, 0.1) is 0 Å². The Morgan fingerprint density at radius 1 is 1.00 bits per heavy atom. The fourth-order valence-corrected chi connectivity index (χ4v) is 3.28. The Balaban J connectivity index is 1.51. The van der Waals surface area contributed by atoms with E-state index < -0.39 is 11.7 Å². The SMILES string of the molecule is COc1cc(Nc2ncnc(/N=C3\CC(c4cccc(C(F)(F)F)c4)=NN3)n2)cc(OC)c1OC. The minimum absolute atomic E-state index is 0.0814. The molecular formula is C22H20F3N7O3. The summed E-state index contributed by atoms with van der Waals surface area (Å²) in [6.45, 7) is 0. The highest BCUT2D eigenvalue weighted by Crippen LogP contribution is 2.40. The number of hydrazone groups is 1. The quantitative estimate of drug-likeness (QED) is 0.512. The number of methoxy groups -OCH3 is 3. The van der Waals surface area contributed by atoms with E-state index >= 15 is 0 Å². The van der Waals surface area contributed by atoms with E-state index in [4.69, 9.17) is 14.2 Å². The molecule has 1 aromatic heterocycles. The van der Waals surface area contributed by atoms with Gasteiger partial charge in [0.2, 0.25) is 11.7 Å². The van der Waals surface area contributed by atoms with E-state index in [1.165, 1.54) is 33.7 Å². The summed E-state index contributed by atoms with van der Waals surface area (Å²) < 4.78 is 55.0. The van der Waals surface area contributed by atoms with Crippen LogP contribution in [0.1, 0.15) is 17.5 Å². The number of rotatable bonds is 7. The molecule has 0 bridgehead atoms. The van der Waals surface area contributed by atoms with Crippen molar-refractivity contribution < 1.29 is 27.4 Å². The van der Waals surface area contributed by atoms with E-state index in [1.807, 2.05) is 0 Å². The van der Waals surface area contributed by atoms with Gasteiger partial charge in [-0.05, 0) is 17.7 Å². The Morgan fingerprint density at radius 3 is 2.40 bits per heavy atom. The number of benzene rings is 2. The number of hydrogen-bond donors (Lipinski definition) is 2. The van der Waals surface area contributed by atoms with Crippen LogP contribution in [0.15, 0.2) is 52.8 Å². The van der Waals surface area contributed by atoms with Crippen molar-refractivity contribution in [2.45, 2.75) is 12.6 Å². The second kappa shape index (κ2) is 9.83. The van der Waals surface area contributed by atoms with Crippen molar-refractivity contribution in [1.29, 1.82) is 0 Å². The van der Waals surface area contributed by atoms with Crippen molar-refractivity contribution >= 4 is 29.1 Å². The zero-order valence-corrected chi connectivity index (χ0v) is 18.8. The van der Waals surface area contributed by atoms with Crippen molar-refractivity contribution in [1.82, 2.24) is 20.4 Å². The number of halogens is 3. The first kappa shape index (κ1) is 23.7. The molecule has 2 aromatic carbocycles. The minimum Gasteiger partial charge on any atom is -0.493 e. The van der Waals surface area contributed by atoms with Crippen LogP contribution in [-0.2, 0) is 6.18 Å². The lowest BCUT2D eigenvalue weighted by molar-refractivity contribution is -0.137. The topological polar surface area (TPSA) is 115 Å². The number of hydrogen-bond acceptors (Lipinski definition) is 9. The Labute approximate surface area is 197 Å². The summed E-state index contributed by atoms with van der Waals surface area (Å²) in [5.41, 5.74) is 3.30. The highest BCUT2D eigenvalue weighted by molar-refractivity contribution is 6.15. The number of amidine groups is 1. The monoisotopic (exact) mass is 487 g/mol. The zero-order valence-electron chi connectivity index (χ0n) is 18.8. The highest BCUT2D eigenvalue weighted by Gasteiger charge is 2.31. The standard InChI is InChI=1S/C22H20F3N7O3/c1-33-16-8-14(9-17(34-2)19(16)35-3)28-20-26-11-27-21(30-20)29-18-10-15(31-32-18)12-5-4-6-13(7-12)22(23,24)25/h4-9,11H,10H2,1-3H3,(H2,26,27,28,29,30,32). The van der Waals surface area contributed by atoms with Gasteiger partial charge in [0, 0.05) is 17.8 Å². The third-order valence-electron chi connectivity index (χ3n) is 4.89. The van der Waals surface area contributed by atoms with E-state index in [1.54, 1.807) is 18.2 Å². The van der Waals surface area contributed by atoms with Gasteiger partial charge in [-0.2, -0.15) is 33.2 Å². The molecule has 13 heteroatoms. The van der Waals surface area contributed by atoms with E-state index in [0.29, 0.717) is 40.0 Å². The lowest BCUT2D eigenvalue weighted by atomic mass is 10.0. The molecule has 2 N–H and O–H groups in total. The van der Waals surface area contributed by atoms with E-state index in [9.17, 15) is 13.2 Å². The van der Waals surface area contributed by atoms with Crippen LogP contribution in [0.25, 0.3) is 0 Å². The maximum atomic E-state index is 13.0. The smallest absolute Gasteiger partial charge is 0.416 e. The number of nitrogens with zero attached hydrogens (tertiary/aromatic N) is 5. The van der Waals surface area contributed by atoms with Crippen molar-refractivity contribution in [3.05, 3.63) is 53.9 Å². The molecule has 0 unspecified atom stereocenters. The maximum Gasteiger partial charge on any atom is 0.416 e. The highest BCUT2D eigenvalue weighted by atomic mass is 19.4. The third-order valence-corrected chi connectivity index (χ3v) is 4.89. The van der Waals surface area contributed by atoms with Crippen LogP contribution in [0.5, 0.6) is 17.2 Å². The average Bonchev–Trinajstić information content (AvgIpc) is 3.31. The van der Waals surface area contributed by atoms with Gasteiger partial charge in [-0.15, -0.1) is 0 Å². The molecule has 4 rings (SSSR count). The first-order valence-electron chi connectivity index (χ1n) is 10.1. The number of alkyl halides is 3. The Hall–Kier alpha value is -4.42. The molecule has 3 aromatic rings. The first-order chi connectivity index (χ1) is 16.8. The predicted octanol–water partition coefficient (Wildman–Crippen LogP) is 4.09. The second-order valence-electron chi connectivity index (χ2n) is 7.13. The number of ether oxygens (including phenoxy) is 3. The molecule has 182 valence electrons. The van der Waals surface area contributed by atoms with Gasteiger partial charge in [-0.25, -0.2) is 4.98 Å². The molecule has 2 heterocycles. The van der Waals surface area contributed by atoms with Gasteiger partial charge in [-0.3, -0.25) is 5.43 Å². The van der Waals surface area contributed by atoms with Crippen LogP contribution in [0.3, 0.4) is 0 Å². The van der Waals surface area contributed by atoms with Crippen LogP contribution in [-0.4, -0.2) is 47.8 Å². The Morgan fingerprint density at radius 2 is 1.74 bits per heavy atom. The summed E-state index contributed by atoms with van der Waals surface area (Å²) in [6, 6.07) is 8.32. The van der Waals surface area contributed by atoms with Crippen LogP contribution in [0.4, 0.5) is 30.8 Å². The Kier molecular flexibility index (Phi) is 6.66. The molecular weight excluding hydrogens is 467 g/mol. The molecule has 1 aliphatic rings. The van der Waals surface area contributed by atoms with Crippen molar-refractivity contribution in [2.24, 2.45) is 10.1 Å². The third kappa shape index (κ3) is 5.39. The van der Waals surface area contributed by atoms with Crippen LogP contribution >= 0.6 is 0 Å². The van der Waals surface area contributed by atoms with E-state index in [-0.39, 0.29) is 18.3 Å². The molecule has 0 fully saturated rings. The van der Waals surface area contributed by atoms with Gasteiger partial charge in [0.05, 0.1) is 39.0 Å².